The summed E-state index contributed by atoms with van der Waals surface area (Å²) >= 11 is 1.55. The topological polar surface area (TPSA) is 79.9 Å². The van der Waals surface area contributed by atoms with Crippen molar-refractivity contribution in [3.05, 3.63) is 41.0 Å². The molecule has 0 saturated carbocycles. The van der Waals surface area contributed by atoms with Crippen molar-refractivity contribution in [3.8, 4) is 0 Å². The van der Waals surface area contributed by atoms with Gasteiger partial charge in [-0.05, 0) is 31.2 Å². The average Bonchev–Trinajstić information content (AvgIpc) is 2.72. The van der Waals surface area contributed by atoms with E-state index in [9.17, 15) is 9.59 Å². The second-order valence-electron chi connectivity index (χ2n) is 6.30. The van der Waals surface area contributed by atoms with Crippen LogP contribution in [0.15, 0.2) is 35.4 Å². The lowest BCUT2D eigenvalue weighted by Crippen LogP contribution is -2.38. The Morgan fingerprint density at radius 3 is 2.78 bits per heavy atom. The zero-order valence-electron chi connectivity index (χ0n) is 15.2. The molecule has 3 rings (SSSR count). The Labute approximate surface area is 163 Å². The standard InChI is InChI=1S/C19H25N3O4S/c23-18(20-5-2-6-22-7-9-25-10-8-22)15-3-1-4-16(13-15)21-19(24)17-14-27-12-11-26-17/h1,3-4,13-14H,2,5-12H2,(H,20,23)(H,21,24). The highest BCUT2D eigenvalue weighted by atomic mass is 32.2. The minimum absolute atomic E-state index is 0.142. The van der Waals surface area contributed by atoms with E-state index in [4.69, 9.17) is 9.47 Å². The van der Waals surface area contributed by atoms with Crippen LogP contribution in [-0.2, 0) is 14.3 Å². The third kappa shape index (κ3) is 6.27. The smallest absolute Gasteiger partial charge is 0.291 e. The first kappa shape index (κ1) is 19.7. The van der Waals surface area contributed by atoms with Crippen LogP contribution in [-0.4, -0.2) is 68.5 Å². The van der Waals surface area contributed by atoms with Gasteiger partial charge >= 0.3 is 0 Å². The van der Waals surface area contributed by atoms with Crippen LogP contribution in [0.3, 0.4) is 0 Å². The summed E-state index contributed by atoms with van der Waals surface area (Å²) in [6, 6.07) is 6.91. The first-order valence-electron chi connectivity index (χ1n) is 9.17. The van der Waals surface area contributed by atoms with Crippen LogP contribution in [0, 0.1) is 0 Å². The summed E-state index contributed by atoms with van der Waals surface area (Å²) in [7, 11) is 0. The molecule has 2 aliphatic rings. The Bertz CT molecular complexity index is 689. The molecule has 0 radical (unpaired) electrons. The number of thioether (sulfide) groups is 1. The molecule has 2 N–H and O–H groups in total. The molecule has 7 nitrogen and oxygen atoms in total. The third-order valence-corrected chi connectivity index (χ3v) is 5.08. The largest absolute Gasteiger partial charge is 0.487 e. The van der Waals surface area contributed by atoms with E-state index in [2.05, 4.69) is 15.5 Å². The van der Waals surface area contributed by atoms with Crippen molar-refractivity contribution in [1.82, 2.24) is 10.2 Å². The summed E-state index contributed by atoms with van der Waals surface area (Å²) in [4.78, 5) is 26.9. The van der Waals surface area contributed by atoms with E-state index in [0.717, 1.165) is 45.0 Å². The maximum absolute atomic E-state index is 12.3. The van der Waals surface area contributed by atoms with Crippen molar-refractivity contribution in [2.24, 2.45) is 0 Å². The number of nitrogens with zero attached hydrogens (tertiary/aromatic N) is 1. The van der Waals surface area contributed by atoms with Gasteiger partial charge in [0.15, 0.2) is 5.76 Å². The predicted molar refractivity (Wildman–Crippen MR) is 106 cm³/mol. The number of carbonyl (C=O) groups is 2. The number of morpholine rings is 1. The second kappa shape index (κ2) is 10.3. The fraction of sp³-hybridized carbons (Fsp3) is 0.474. The van der Waals surface area contributed by atoms with Crippen LogP contribution in [0.1, 0.15) is 16.8 Å². The Hall–Kier alpha value is -2.03. The van der Waals surface area contributed by atoms with Crippen molar-refractivity contribution >= 4 is 29.3 Å². The number of hydrogen-bond acceptors (Lipinski definition) is 6. The van der Waals surface area contributed by atoms with Gasteiger partial charge in [0.05, 0.1) is 19.8 Å². The van der Waals surface area contributed by atoms with Gasteiger partial charge in [-0.1, -0.05) is 6.07 Å². The van der Waals surface area contributed by atoms with Gasteiger partial charge in [-0.2, -0.15) is 0 Å². The molecule has 0 spiro atoms. The molecule has 1 fully saturated rings. The van der Waals surface area contributed by atoms with Crippen LogP contribution in [0.4, 0.5) is 5.69 Å². The molecule has 1 aromatic rings. The van der Waals surface area contributed by atoms with Crippen LogP contribution in [0.2, 0.25) is 0 Å². The van der Waals surface area contributed by atoms with Gasteiger partial charge in [-0.25, -0.2) is 0 Å². The van der Waals surface area contributed by atoms with Crippen molar-refractivity contribution in [1.29, 1.82) is 0 Å². The quantitative estimate of drug-likeness (QED) is 0.689. The highest BCUT2D eigenvalue weighted by Gasteiger charge is 2.15. The highest BCUT2D eigenvalue weighted by molar-refractivity contribution is 8.02. The van der Waals surface area contributed by atoms with Gasteiger partial charge in [0.1, 0.15) is 0 Å². The van der Waals surface area contributed by atoms with Gasteiger partial charge in [0.25, 0.3) is 11.8 Å². The van der Waals surface area contributed by atoms with Crippen LogP contribution in [0.5, 0.6) is 0 Å². The minimum Gasteiger partial charge on any atom is -0.487 e. The molecule has 0 aliphatic carbocycles. The first-order chi connectivity index (χ1) is 13.2. The van der Waals surface area contributed by atoms with Gasteiger partial charge in [-0.15, -0.1) is 11.8 Å². The summed E-state index contributed by atoms with van der Waals surface area (Å²) in [5, 5.41) is 7.42. The first-order valence-corrected chi connectivity index (χ1v) is 10.2. The SMILES string of the molecule is O=C(Nc1cccc(C(=O)NCCCN2CCOCC2)c1)C1=CSCCO1. The molecule has 146 valence electrons. The lowest BCUT2D eigenvalue weighted by atomic mass is 10.2. The average molecular weight is 391 g/mol. The zero-order valence-corrected chi connectivity index (χ0v) is 16.1. The van der Waals surface area contributed by atoms with E-state index < -0.39 is 0 Å². The molecule has 27 heavy (non-hydrogen) atoms. The number of anilines is 1. The summed E-state index contributed by atoms with van der Waals surface area (Å²) < 4.78 is 10.7. The Morgan fingerprint density at radius 2 is 2.00 bits per heavy atom. The molecule has 1 aromatic carbocycles. The van der Waals surface area contributed by atoms with E-state index in [-0.39, 0.29) is 11.8 Å². The van der Waals surface area contributed by atoms with Crippen LogP contribution < -0.4 is 10.6 Å². The maximum atomic E-state index is 12.3. The Morgan fingerprint density at radius 1 is 1.15 bits per heavy atom. The van der Waals surface area contributed by atoms with E-state index in [0.29, 0.717) is 30.2 Å². The number of nitrogens with one attached hydrogen (secondary N) is 2. The molecule has 0 unspecified atom stereocenters. The number of hydrogen-bond donors (Lipinski definition) is 2. The maximum Gasteiger partial charge on any atom is 0.291 e. The second-order valence-corrected chi connectivity index (χ2v) is 7.28. The Balaban J connectivity index is 1.45. The Kier molecular flexibility index (Phi) is 7.55. The molecule has 2 aliphatic heterocycles. The van der Waals surface area contributed by atoms with E-state index >= 15 is 0 Å². The number of rotatable bonds is 7. The number of carbonyl (C=O) groups excluding carboxylic acids is 2. The summed E-state index contributed by atoms with van der Waals surface area (Å²) in [6.45, 7) is 5.56. The fourth-order valence-corrected chi connectivity index (χ4v) is 3.47. The molecule has 2 amide bonds. The highest BCUT2D eigenvalue weighted by Crippen LogP contribution is 2.18. The van der Waals surface area contributed by atoms with Crippen molar-refractivity contribution in [2.45, 2.75) is 6.42 Å². The van der Waals surface area contributed by atoms with Crippen molar-refractivity contribution in [3.63, 3.8) is 0 Å². The monoisotopic (exact) mass is 391 g/mol. The molecular formula is C19H25N3O4S. The lowest BCUT2D eigenvalue weighted by molar-refractivity contribution is -0.116. The number of ether oxygens (including phenoxy) is 2. The molecule has 0 aromatic heterocycles. The predicted octanol–water partition coefficient (Wildman–Crippen LogP) is 1.68. The van der Waals surface area contributed by atoms with Crippen LogP contribution in [0.25, 0.3) is 0 Å². The molecule has 2 heterocycles. The summed E-state index contributed by atoms with van der Waals surface area (Å²) in [5.74, 6) is 0.712. The van der Waals surface area contributed by atoms with Gasteiger partial charge < -0.3 is 20.1 Å². The summed E-state index contributed by atoms with van der Waals surface area (Å²) in [5.41, 5.74) is 1.09. The van der Waals surface area contributed by atoms with Gasteiger partial charge in [-0.3, -0.25) is 14.5 Å². The van der Waals surface area contributed by atoms with Gasteiger partial charge in [0, 0.05) is 42.0 Å². The zero-order chi connectivity index (χ0) is 18.9. The summed E-state index contributed by atoms with van der Waals surface area (Å²) in [6.07, 6.45) is 0.894. The number of amides is 2. The molecule has 8 heteroatoms. The van der Waals surface area contributed by atoms with Crippen molar-refractivity contribution in [2.75, 3.05) is 57.1 Å². The van der Waals surface area contributed by atoms with Crippen molar-refractivity contribution < 1.29 is 19.1 Å². The molecule has 1 saturated heterocycles. The van der Waals surface area contributed by atoms with E-state index in [1.54, 1.807) is 41.4 Å². The molecule has 0 atom stereocenters. The lowest BCUT2D eigenvalue weighted by Gasteiger charge is -2.26. The molecular weight excluding hydrogens is 366 g/mol. The number of benzene rings is 1. The normalized spacial score (nSPS) is 17.6. The minimum atomic E-state index is -0.301. The fourth-order valence-electron chi connectivity index (χ4n) is 2.85. The van der Waals surface area contributed by atoms with Crippen LogP contribution >= 0.6 is 11.8 Å². The third-order valence-electron chi connectivity index (χ3n) is 4.30. The van der Waals surface area contributed by atoms with E-state index in [1.165, 1.54) is 0 Å². The van der Waals surface area contributed by atoms with E-state index in [1.807, 2.05) is 0 Å². The molecule has 0 bridgehead atoms. The van der Waals surface area contributed by atoms with Gasteiger partial charge in [0.2, 0.25) is 0 Å².